The standard InChI is InChI=1S/C15H14N2O/c18-15-13-16-11-9-7-5-3-1-2-4-6-8-10-12-17-14-15/h1-14H. The molecule has 0 aromatic rings. The monoisotopic (exact) mass is 238 g/mol. The van der Waals surface area contributed by atoms with Crippen LogP contribution in [0.4, 0.5) is 0 Å². The molecule has 0 fully saturated rings. The Kier molecular flexibility index (Phi) is 7.25. The second kappa shape index (κ2) is 9.66. The number of carbonyl (C=O) groups is 1. The first kappa shape index (κ1) is 13.5. The third-order valence-corrected chi connectivity index (χ3v) is 1.75. The van der Waals surface area contributed by atoms with E-state index in [0.29, 0.717) is 0 Å². The van der Waals surface area contributed by atoms with Crippen LogP contribution in [0.15, 0.2) is 83.1 Å². The van der Waals surface area contributed by atoms with E-state index in [1.807, 2.05) is 48.6 Å². The number of aliphatic imine (C=N–C) groups is 2. The van der Waals surface area contributed by atoms with Gasteiger partial charge in [-0.1, -0.05) is 48.6 Å². The van der Waals surface area contributed by atoms with Crippen LogP contribution in [-0.2, 0) is 4.79 Å². The largest absolute Gasteiger partial charge is 0.286 e. The van der Waals surface area contributed by atoms with Crippen molar-refractivity contribution in [1.29, 1.82) is 0 Å². The van der Waals surface area contributed by atoms with Crippen LogP contribution < -0.4 is 0 Å². The summed E-state index contributed by atoms with van der Waals surface area (Å²) in [6, 6.07) is 0. The van der Waals surface area contributed by atoms with E-state index in [1.165, 1.54) is 12.4 Å². The molecule has 90 valence electrons. The van der Waals surface area contributed by atoms with Gasteiger partial charge in [-0.05, 0) is 12.2 Å². The lowest BCUT2D eigenvalue weighted by atomic mass is 10.3. The molecule has 3 heteroatoms. The number of nitrogens with zero attached hydrogens (tertiary/aromatic N) is 2. The fourth-order valence-corrected chi connectivity index (χ4v) is 0.978. The third-order valence-electron chi connectivity index (χ3n) is 1.75. The lowest BCUT2D eigenvalue weighted by molar-refractivity contribution is -0.106. The van der Waals surface area contributed by atoms with Crippen LogP contribution >= 0.6 is 0 Å². The minimum atomic E-state index is -0.249. The highest BCUT2D eigenvalue weighted by Gasteiger charge is 1.86. The number of Topliss-reactive ketones (excluding diaryl/α,β-unsaturated/α-hetero) is 1. The van der Waals surface area contributed by atoms with Crippen molar-refractivity contribution in [3.8, 4) is 0 Å². The fraction of sp³-hybridized carbons (Fsp3) is 0. The molecule has 0 aliphatic carbocycles. The SMILES string of the molecule is O=C1C=NC=CC=CC=CC=CC=CC=CN=C1. The van der Waals surface area contributed by atoms with Crippen LogP contribution in [-0.4, -0.2) is 18.2 Å². The van der Waals surface area contributed by atoms with Crippen molar-refractivity contribution >= 4 is 18.2 Å². The summed E-state index contributed by atoms with van der Waals surface area (Å²) in [5.74, 6) is -0.249. The molecule has 18 heavy (non-hydrogen) atoms. The maximum Gasteiger partial charge on any atom is 0.214 e. The van der Waals surface area contributed by atoms with Crippen LogP contribution in [0.5, 0.6) is 0 Å². The van der Waals surface area contributed by atoms with E-state index < -0.39 is 0 Å². The molecule has 1 aliphatic rings. The maximum atomic E-state index is 11.2. The second-order valence-corrected chi connectivity index (χ2v) is 3.18. The molecule has 0 unspecified atom stereocenters. The molecule has 1 rings (SSSR count). The first-order valence-corrected chi connectivity index (χ1v) is 5.48. The molecule has 0 radical (unpaired) electrons. The lowest BCUT2D eigenvalue weighted by Gasteiger charge is -1.79. The molecular formula is C15H14N2O. The number of rotatable bonds is 0. The van der Waals surface area contributed by atoms with Gasteiger partial charge in [-0.3, -0.25) is 14.8 Å². The van der Waals surface area contributed by atoms with E-state index in [4.69, 9.17) is 0 Å². The van der Waals surface area contributed by atoms with Crippen molar-refractivity contribution in [3.63, 3.8) is 0 Å². The van der Waals surface area contributed by atoms with E-state index >= 15 is 0 Å². The third kappa shape index (κ3) is 7.70. The zero-order chi connectivity index (χ0) is 12.9. The Morgan fingerprint density at radius 1 is 0.556 bits per heavy atom. The van der Waals surface area contributed by atoms with Crippen molar-refractivity contribution in [3.05, 3.63) is 73.2 Å². The molecule has 1 aliphatic heterocycles. The van der Waals surface area contributed by atoms with E-state index in [9.17, 15) is 4.79 Å². The van der Waals surface area contributed by atoms with Gasteiger partial charge in [-0.2, -0.15) is 0 Å². The Bertz CT molecular complexity index is 443. The van der Waals surface area contributed by atoms with Crippen LogP contribution in [0.3, 0.4) is 0 Å². The van der Waals surface area contributed by atoms with Crippen LogP contribution in [0.1, 0.15) is 0 Å². The smallest absolute Gasteiger partial charge is 0.214 e. The average molecular weight is 238 g/mol. The number of hydrogen-bond donors (Lipinski definition) is 0. The van der Waals surface area contributed by atoms with Crippen molar-refractivity contribution in [2.45, 2.75) is 0 Å². The number of ketones is 1. The molecule has 0 aromatic carbocycles. The minimum absolute atomic E-state index is 0.249. The molecule has 0 spiro atoms. The number of hydrogen-bond acceptors (Lipinski definition) is 3. The highest BCUT2D eigenvalue weighted by molar-refractivity contribution is 6.53. The average Bonchev–Trinajstić information content (AvgIpc) is 2.37. The van der Waals surface area contributed by atoms with Crippen molar-refractivity contribution < 1.29 is 4.79 Å². The predicted molar refractivity (Wildman–Crippen MR) is 76.8 cm³/mol. The summed E-state index contributed by atoms with van der Waals surface area (Å²) in [5.41, 5.74) is 0. The molecule has 0 aromatic heterocycles. The first-order valence-electron chi connectivity index (χ1n) is 5.48. The summed E-state index contributed by atoms with van der Waals surface area (Å²) in [6.45, 7) is 0. The molecule has 0 atom stereocenters. The Hall–Kier alpha value is -2.55. The molecule has 0 saturated carbocycles. The molecule has 0 N–H and O–H groups in total. The Morgan fingerprint density at radius 3 is 1.28 bits per heavy atom. The fourth-order valence-electron chi connectivity index (χ4n) is 0.978. The van der Waals surface area contributed by atoms with Crippen LogP contribution in [0.2, 0.25) is 0 Å². The van der Waals surface area contributed by atoms with E-state index in [0.717, 1.165) is 0 Å². The van der Waals surface area contributed by atoms with Crippen LogP contribution in [0, 0.1) is 0 Å². The zero-order valence-corrected chi connectivity index (χ0v) is 9.89. The lowest BCUT2D eigenvalue weighted by Crippen LogP contribution is -1.98. The van der Waals surface area contributed by atoms with Gasteiger partial charge in [0, 0.05) is 12.4 Å². The highest BCUT2D eigenvalue weighted by atomic mass is 16.1. The summed E-state index contributed by atoms with van der Waals surface area (Å²) in [4.78, 5) is 18.9. The minimum Gasteiger partial charge on any atom is -0.286 e. The first-order chi connectivity index (χ1) is 8.89. The van der Waals surface area contributed by atoms with Crippen molar-refractivity contribution in [2.24, 2.45) is 9.98 Å². The maximum absolute atomic E-state index is 11.2. The summed E-state index contributed by atoms with van der Waals surface area (Å²) < 4.78 is 0. The van der Waals surface area contributed by atoms with Gasteiger partial charge >= 0.3 is 0 Å². The summed E-state index contributed by atoms with van der Waals surface area (Å²) >= 11 is 0. The summed E-state index contributed by atoms with van der Waals surface area (Å²) in [6.07, 6.45) is 24.1. The van der Waals surface area contributed by atoms with Gasteiger partial charge in [0.2, 0.25) is 5.78 Å². The van der Waals surface area contributed by atoms with Gasteiger partial charge in [0.25, 0.3) is 0 Å². The molecule has 0 amide bonds. The zero-order valence-electron chi connectivity index (χ0n) is 9.89. The molecule has 1 heterocycles. The van der Waals surface area contributed by atoms with Gasteiger partial charge in [0.05, 0.1) is 12.4 Å². The van der Waals surface area contributed by atoms with Gasteiger partial charge < -0.3 is 0 Å². The second-order valence-electron chi connectivity index (χ2n) is 3.18. The number of allylic oxidation sites excluding steroid dienone is 10. The topological polar surface area (TPSA) is 41.8 Å². The predicted octanol–water partition coefficient (Wildman–Crippen LogP) is 2.96. The normalized spacial score (nSPS) is 16.3. The summed E-state index contributed by atoms with van der Waals surface area (Å²) in [5, 5.41) is 0. The van der Waals surface area contributed by atoms with Gasteiger partial charge in [0.15, 0.2) is 0 Å². The van der Waals surface area contributed by atoms with Crippen molar-refractivity contribution in [2.75, 3.05) is 0 Å². The Balaban J connectivity index is 2.75. The molecule has 3 nitrogen and oxygen atoms in total. The van der Waals surface area contributed by atoms with Gasteiger partial charge in [0.1, 0.15) is 0 Å². The van der Waals surface area contributed by atoms with E-state index in [-0.39, 0.29) is 5.78 Å². The van der Waals surface area contributed by atoms with Gasteiger partial charge in [-0.15, -0.1) is 0 Å². The Labute approximate surface area is 107 Å². The molecule has 0 saturated heterocycles. The van der Waals surface area contributed by atoms with E-state index in [2.05, 4.69) is 9.98 Å². The highest BCUT2D eigenvalue weighted by Crippen LogP contribution is 1.86. The number of carbonyl (C=O) groups excluding carboxylic acids is 1. The van der Waals surface area contributed by atoms with Gasteiger partial charge in [-0.25, -0.2) is 0 Å². The quantitative estimate of drug-likeness (QED) is 0.639. The molecule has 0 bridgehead atoms. The van der Waals surface area contributed by atoms with E-state index in [1.54, 1.807) is 24.6 Å². The summed E-state index contributed by atoms with van der Waals surface area (Å²) in [7, 11) is 0. The van der Waals surface area contributed by atoms with Crippen molar-refractivity contribution in [1.82, 2.24) is 0 Å². The Morgan fingerprint density at radius 2 is 0.889 bits per heavy atom. The van der Waals surface area contributed by atoms with Crippen LogP contribution in [0.25, 0.3) is 0 Å². The molecular weight excluding hydrogens is 224 g/mol.